The standard InChI is InChI=1S/C18H17ClN4O2/c1-2-24-17-9-15(10-22-23-12-20-21-13-23)8-16(19)18(17)25-11-14-6-4-3-5-7-14/h3-10,12-13H,2,11H2,1H3. The maximum atomic E-state index is 6.40. The van der Waals surface area contributed by atoms with Gasteiger partial charge in [-0.3, -0.25) is 0 Å². The lowest BCUT2D eigenvalue weighted by Gasteiger charge is -2.14. The minimum atomic E-state index is 0.411. The van der Waals surface area contributed by atoms with Crippen LogP contribution in [0.15, 0.2) is 60.2 Å². The van der Waals surface area contributed by atoms with E-state index < -0.39 is 0 Å². The summed E-state index contributed by atoms with van der Waals surface area (Å²) in [6, 6.07) is 13.5. The summed E-state index contributed by atoms with van der Waals surface area (Å²) >= 11 is 6.40. The molecule has 0 spiro atoms. The van der Waals surface area contributed by atoms with Gasteiger partial charge in [-0.15, -0.1) is 10.2 Å². The predicted octanol–water partition coefficient (Wildman–Crippen LogP) is 3.79. The normalized spacial score (nSPS) is 11.0. The molecule has 3 aromatic rings. The Hall–Kier alpha value is -2.86. The Balaban J connectivity index is 1.82. The van der Waals surface area contributed by atoms with Gasteiger partial charge in [-0.2, -0.15) is 5.10 Å². The summed E-state index contributed by atoms with van der Waals surface area (Å²) < 4.78 is 13.1. The third-order valence-corrected chi connectivity index (χ3v) is 3.59. The third-order valence-electron chi connectivity index (χ3n) is 3.30. The van der Waals surface area contributed by atoms with Gasteiger partial charge in [-0.1, -0.05) is 41.9 Å². The molecule has 0 atom stereocenters. The molecule has 128 valence electrons. The Morgan fingerprint density at radius 3 is 2.60 bits per heavy atom. The SMILES string of the molecule is CCOc1cc(C=Nn2cnnc2)cc(Cl)c1OCc1ccccc1. The minimum Gasteiger partial charge on any atom is -0.490 e. The number of nitrogens with zero attached hydrogens (tertiary/aromatic N) is 4. The fourth-order valence-corrected chi connectivity index (χ4v) is 2.46. The zero-order chi connectivity index (χ0) is 17.5. The van der Waals surface area contributed by atoms with Gasteiger partial charge in [0.25, 0.3) is 0 Å². The molecule has 3 rings (SSSR count). The van der Waals surface area contributed by atoms with Crippen LogP contribution in [0.4, 0.5) is 0 Å². The lowest BCUT2D eigenvalue weighted by Crippen LogP contribution is -2.01. The molecule has 0 aliphatic rings. The zero-order valence-corrected chi connectivity index (χ0v) is 14.4. The Bertz CT molecular complexity index is 836. The van der Waals surface area contributed by atoms with Gasteiger partial charge in [0.15, 0.2) is 11.5 Å². The van der Waals surface area contributed by atoms with Crippen LogP contribution >= 0.6 is 11.6 Å². The number of hydrogen-bond acceptors (Lipinski definition) is 5. The van der Waals surface area contributed by atoms with Crippen molar-refractivity contribution in [2.45, 2.75) is 13.5 Å². The van der Waals surface area contributed by atoms with Gasteiger partial charge in [0.1, 0.15) is 19.3 Å². The van der Waals surface area contributed by atoms with E-state index in [1.807, 2.05) is 43.3 Å². The van der Waals surface area contributed by atoms with E-state index in [9.17, 15) is 0 Å². The highest BCUT2D eigenvalue weighted by Crippen LogP contribution is 2.36. The molecule has 0 aliphatic heterocycles. The molecule has 7 heteroatoms. The van der Waals surface area contributed by atoms with Crippen LogP contribution in [0.3, 0.4) is 0 Å². The molecular weight excluding hydrogens is 340 g/mol. The number of rotatable bonds is 7. The van der Waals surface area contributed by atoms with Crippen molar-refractivity contribution >= 4 is 17.8 Å². The Morgan fingerprint density at radius 2 is 1.88 bits per heavy atom. The smallest absolute Gasteiger partial charge is 0.180 e. The van der Waals surface area contributed by atoms with Crippen LogP contribution in [-0.4, -0.2) is 27.7 Å². The Kier molecular flexibility index (Phi) is 5.64. The van der Waals surface area contributed by atoms with Gasteiger partial charge >= 0.3 is 0 Å². The monoisotopic (exact) mass is 356 g/mol. The van der Waals surface area contributed by atoms with Gasteiger partial charge in [-0.25, -0.2) is 4.68 Å². The molecule has 1 aromatic heterocycles. The van der Waals surface area contributed by atoms with Crippen LogP contribution < -0.4 is 9.47 Å². The van der Waals surface area contributed by atoms with Crippen LogP contribution in [0.1, 0.15) is 18.1 Å². The topological polar surface area (TPSA) is 61.5 Å². The van der Waals surface area contributed by atoms with Gasteiger partial charge in [0.05, 0.1) is 17.8 Å². The summed E-state index contributed by atoms with van der Waals surface area (Å²) in [6.07, 6.45) is 4.65. The number of halogens is 1. The fraction of sp³-hybridized carbons (Fsp3) is 0.167. The first kappa shape index (κ1) is 17.0. The molecule has 6 nitrogen and oxygen atoms in total. The van der Waals surface area contributed by atoms with E-state index in [0.717, 1.165) is 11.1 Å². The summed E-state index contributed by atoms with van der Waals surface area (Å²) in [4.78, 5) is 0. The van der Waals surface area contributed by atoms with Crippen LogP contribution in [0.2, 0.25) is 5.02 Å². The summed E-state index contributed by atoms with van der Waals surface area (Å²) in [5.41, 5.74) is 1.84. The van der Waals surface area contributed by atoms with Crippen molar-refractivity contribution in [3.05, 3.63) is 71.3 Å². The summed E-state index contributed by atoms with van der Waals surface area (Å²) in [5, 5.41) is 12.1. The first-order valence-electron chi connectivity index (χ1n) is 7.78. The van der Waals surface area contributed by atoms with E-state index >= 15 is 0 Å². The molecule has 0 saturated heterocycles. The van der Waals surface area contributed by atoms with Crippen molar-refractivity contribution in [1.29, 1.82) is 0 Å². The molecule has 0 bridgehead atoms. The van der Waals surface area contributed by atoms with Crippen molar-refractivity contribution in [3.8, 4) is 11.5 Å². The predicted molar refractivity (Wildman–Crippen MR) is 96.4 cm³/mol. The van der Waals surface area contributed by atoms with Crippen molar-refractivity contribution in [1.82, 2.24) is 14.9 Å². The maximum absolute atomic E-state index is 6.40. The number of hydrogen-bond donors (Lipinski definition) is 0. The molecule has 0 N–H and O–H groups in total. The van der Waals surface area contributed by atoms with E-state index in [1.165, 1.54) is 17.3 Å². The maximum Gasteiger partial charge on any atom is 0.180 e. The molecule has 0 radical (unpaired) electrons. The van der Waals surface area contributed by atoms with E-state index in [4.69, 9.17) is 21.1 Å². The average Bonchev–Trinajstić information content (AvgIpc) is 3.14. The van der Waals surface area contributed by atoms with Crippen LogP contribution in [-0.2, 0) is 6.61 Å². The second kappa shape index (κ2) is 8.30. The molecule has 1 heterocycles. The largest absolute Gasteiger partial charge is 0.490 e. The first-order valence-corrected chi connectivity index (χ1v) is 8.16. The third kappa shape index (κ3) is 4.58. The van der Waals surface area contributed by atoms with Crippen LogP contribution in [0, 0.1) is 0 Å². The number of benzene rings is 2. The molecule has 25 heavy (non-hydrogen) atoms. The highest BCUT2D eigenvalue weighted by molar-refractivity contribution is 6.32. The second-order valence-corrected chi connectivity index (χ2v) is 5.53. The summed E-state index contributed by atoms with van der Waals surface area (Å²) in [7, 11) is 0. The molecule has 2 aromatic carbocycles. The number of ether oxygens (including phenoxy) is 2. The summed E-state index contributed by atoms with van der Waals surface area (Å²) in [6.45, 7) is 2.83. The molecule has 0 saturated carbocycles. The first-order chi connectivity index (χ1) is 12.3. The second-order valence-electron chi connectivity index (χ2n) is 5.12. The van der Waals surface area contributed by atoms with Gasteiger partial charge in [-0.05, 0) is 30.2 Å². The van der Waals surface area contributed by atoms with Crippen molar-refractivity contribution < 1.29 is 9.47 Å². The highest BCUT2D eigenvalue weighted by atomic mass is 35.5. The quantitative estimate of drug-likeness (QED) is 0.604. The van der Waals surface area contributed by atoms with Gasteiger partial charge < -0.3 is 9.47 Å². The molecule has 0 unspecified atom stereocenters. The lowest BCUT2D eigenvalue weighted by molar-refractivity contribution is 0.269. The Morgan fingerprint density at radius 1 is 1.12 bits per heavy atom. The molecule has 0 fully saturated rings. The molecule has 0 aliphatic carbocycles. The van der Waals surface area contributed by atoms with Gasteiger partial charge in [0.2, 0.25) is 0 Å². The zero-order valence-electron chi connectivity index (χ0n) is 13.7. The molecular formula is C18H17ClN4O2. The van der Waals surface area contributed by atoms with Crippen LogP contribution in [0.25, 0.3) is 0 Å². The lowest BCUT2D eigenvalue weighted by atomic mass is 10.2. The highest BCUT2D eigenvalue weighted by Gasteiger charge is 2.12. The fourth-order valence-electron chi connectivity index (χ4n) is 2.18. The minimum absolute atomic E-state index is 0.411. The molecule has 0 amide bonds. The Labute approximate surface area is 150 Å². The number of aromatic nitrogens is 3. The average molecular weight is 357 g/mol. The van der Waals surface area contributed by atoms with E-state index in [2.05, 4.69) is 15.3 Å². The van der Waals surface area contributed by atoms with Gasteiger partial charge in [0, 0.05) is 0 Å². The van der Waals surface area contributed by atoms with Crippen molar-refractivity contribution in [3.63, 3.8) is 0 Å². The van der Waals surface area contributed by atoms with E-state index in [0.29, 0.717) is 29.7 Å². The van der Waals surface area contributed by atoms with E-state index in [1.54, 1.807) is 12.3 Å². The summed E-state index contributed by atoms with van der Waals surface area (Å²) in [5.74, 6) is 1.10. The van der Waals surface area contributed by atoms with Crippen molar-refractivity contribution in [2.24, 2.45) is 5.10 Å². The van der Waals surface area contributed by atoms with Crippen LogP contribution in [0.5, 0.6) is 11.5 Å². The van der Waals surface area contributed by atoms with Crippen molar-refractivity contribution in [2.75, 3.05) is 6.61 Å². The van der Waals surface area contributed by atoms with E-state index in [-0.39, 0.29) is 0 Å².